The largest absolute Gasteiger partial charge is 0.129 e. The lowest BCUT2D eigenvalue weighted by Gasteiger charge is -2.04. The zero-order chi connectivity index (χ0) is 13.0. The van der Waals surface area contributed by atoms with E-state index in [1.54, 1.807) is 0 Å². The maximum Gasteiger partial charge on any atom is 0.129 e. The summed E-state index contributed by atoms with van der Waals surface area (Å²) in [5.41, 5.74) is 6.75. The van der Waals surface area contributed by atoms with Crippen LogP contribution in [0.25, 0.3) is 11.1 Å². The van der Waals surface area contributed by atoms with Crippen LogP contribution in [0.3, 0.4) is 0 Å². The first-order valence-corrected chi connectivity index (χ1v) is 9.65. The molecule has 0 bridgehead atoms. The van der Waals surface area contributed by atoms with Crippen LogP contribution < -0.4 is 0 Å². The summed E-state index contributed by atoms with van der Waals surface area (Å²) in [6.45, 7) is 6.75. The van der Waals surface area contributed by atoms with E-state index >= 15 is 0 Å². The van der Waals surface area contributed by atoms with Crippen molar-refractivity contribution in [3.63, 3.8) is 0 Å². The first-order valence-electron chi connectivity index (χ1n) is 6.15. The Hall–Kier alpha value is -1.78. The highest BCUT2D eigenvalue weighted by Crippen LogP contribution is 2.18. The predicted molar refractivity (Wildman–Crippen MR) is 80.9 cm³/mol. The van der Waals surface area contributed by atoms with Gasteiger partial charge in [0.2, 0.25) is 0 Å². The lowest BCUT2D eigenvalue weighted by molar-refractivity contribution is 1.58. The molecule has 2 rings (SSSR count). The highest BCUT2D eigenvalue weighted by molar-refractivity contribution is 6.83. The van der Waals surface area contributed by atoms with Gasteiger partial charge in [0.15, 0.2) is 0 Å². The Morgan fingerprint density at radius 2 is 1.61 bits per heavy atom. The molecule has 18 heavy (non-hydrogen) atoms. The minimum absolute atomic E-state index is 0.983. The van der Waals surface area contributed by atoms with Gasteiger partial charge in [-0.1, -0.05) is 62.0 Å². The van der Waals surface area contributed by atoms with Crippen LogP contribution in [0.15, 0.2) is 48.5 Å². The van der Waals surface area contributed by atoms with Crippen molar-refractivity contribution in [2.45, 2.75) is 19.6 Å². The van der Waals surface area contributed by atoms with E-state index in [2.05, 4.69) is 61.4 Å². The third kappa shape index (κ3) is 3.61. The summed E-state index contributed by atoms with van der Waals surface area (Å²) in [6.07, 6.45) is 0. The van der Waals surface area contributed by atoms with E-state index in [0.29, 0.717) is 0 Å². The van der Waals surface area contributed by atoms with Crippen LogP contribution in [-0.2, 0) is 0 Å². The molecule has 0 aromatic heterocycles. The fourth-order valence-electron chi connectivity index (χ4n) is 1.57. The van der Waals surface area contributed by atoms with Crippen molar-refractivity contribution in [3.8, 4) is 22.6 Å². The summed E-state index contributed by atoms with van der Waals surface area (Å²) >= 11 is 0. The van der Waals surface area contributed by atoms with Crippen LogP contribution in [0, 0.1) is 17.5 Å². The lowest BCUT2D eigenvalue weighted by Crippen LogP contribution is -2.16. The van der Waals surface area contributed by atoms with E-state index in [9.17, 15) is 0 Å². The van der Waals surface area contributed by atoms with Crippen molar-refractivity contribution in [3.05, 3.63) is 60.2 Å². The van der Waals surface area contributed by atoms with Crippen molar-refractivity contribution >= 4 is 8.07 Å². The van der Waals surface area contributed by atoms with Crippen LogP contribution >= 0.6 is 0 Å². The van der Waals surface area contributed by atoms with Gasteiger partial charge in [0, 0.05) is 5.56 Å². The zero-order valence-corrected chi connectivity index (χ0v) is 12.1. The first kappa shape index (κ1) is 12.7. The molecule has 0 heterocycles. The molecule has 0 spiro atoms. The number of benzene rings is 2. The fourth-order valence-corrected chi connectivity index (χ4v) is 2.08. The summed E-state index contributed by atoms with van der Waals surface area (Å²) in [5.74, 6) is 3.22. The van der Waals surface area contributed by atoms with Crippen LogP contribution in [0.5, 0.6) is 0 Å². The second-order valence-corrected chi connectivity index (χ2v) is 10.1. The Labute approximate surface area is 111 Å². The number of hydrogen-bond donors (Lipinski definition) is 0. The van der Waals surface area contributed by atoms with Gasteiger partial charge in [-0.15, -0.1) is 5.54 Å². The molecule has 0 unspecified atom stereocenters. The van der Waals surface area contributed by atoms with E-state index in [0.717, 1.165) is 5.56 Å². The maximum atomic E-state index is 3.36. The van der Waals surface area contributed by atoms with Crippen LogP contribution in [-0.4, -0.2) is 8.07 Å². The summed E-state index contributed by atoms with van der Waals surface area (Å²) < 4.78 is 0. The molecule has 0 atom stereocenters. The predicted octanol–water partition coefficient (Wildman–Crippen LogP) is 4.38. The standard InChI is InChI=1S/C17H17Si/c1-18(2,3)14-13-15-9-11-17(12-10-15)16-7-5-4-6-8-16/h4-9,11-12H,1-3H3. The summed E-state index contributed by atoms with van der Waals surface area (Å²) in [6, 6.07) is 19.8. The summed E-state index contributed by atoms with van der Waals surface area (Å²) in [4.78, 5) is 0. The van der Waals surface area contributed by atoms with Crippen LogP contribution in [0.2, 0.25) is 19.6 Å². The summed E-state index contributed by atoms with van der Waals surface area (Å²) in [5, 5.41) is 0. The van der Waals surface area contributed by atoms with Gasteiger partial charge in [0.05, 0.1) is 0 Å². The van der Waals surface area contributed by atoms with Gasteiger partial charge in [-0.05, 0) is 29.3 Å². The van der Waals surface area contributed by atoms with Crippen molar-refractivity contribution in [1.29, 1.82) is 0 Å². The van der Waals surface area contributed by atoms with Gasteiger partial charge in [-0.2, -0.15) is 0 Å². The van der Waals surface area contributed by atoms with Gasteiger partial charge in [0.1, 0.15) is 8.07 Å². The monoisotopic (exact) mass is 249 g/mol. The summed E-state index contributed by atoms with van der Waals surface area (Å²) in [7, 11) is -1.30. The minimum atomic E-state index is -1.30. The molecule has 0 amide bonds. The van der Waals surface area contributed by atoms with Gasteiger partial charge < -0.3 is 0 Å². The molecule has 0 saturated heterocycles. The first-order chi connectivity index (χ1) is 8.54. The Bertz CT molecular complexity index is 563. The molecule has 0 saturated carbocycles. The molecule has 89 valence electrons. The molecule has 0 nitrogen and oxygen atoms in total. The average molecular weight is 249 g/mol. The third-order valence-electron chi connectivity index (χ3n) is 2.49. The molecule has 0 N–H and O–H groups in total. The van der Waals surface area contributed by atoms with Gasteiger partial charge >= 0.3 is 0 Å². The Balaban J connectivity index is 2.23. The quantitative estimate of drug-likeness (QED) is 0.519. The molecule has 0 fully saturated rings. The number of hydrogen-bond acceptors (Lipinski definition) is 0. The van der Waals surface area contributed by atoms with E-state index in [1.165, 1.54) is 11.1 Å². The Kier molecular flexibility index (Phi) is 3.69. The van der Waals surface area contributed by atoms with Crippen LogP contribution in [0.1, 0.15) is 5.56 Å². The molecule has 0 aliphatic heterocycles. The van der Waals surface area contributed by atoms with Gasteiger partial charge in [0.25, 0.3) is 0 Å². The Morgan fingerprint density at radius 3 is 2.17 bits per heavy atom. The maximum absolute atomic E-state index is 3.36. The minimum Gasteiger partial charge on any atom is -0.127 e. The molecule has 0 aliphatic rings. The van der Waals surface area contributed by atoms with E-state index < -0.39 is 8.07 Å². The lowest BCUT2D eigenvalue weighted by atomic mass is 10.0. The second-order valence-electron chi connectivity index (χ2n) is 5.36. The van der Waals surface area contributed by atoms with Crippen LogP contribution in [0.4, 0.5) is 0 Å². The average Bonchev–Trinajstić information content (AvgIpc) is 2.37. The van der Waals surface area contributed by atoms with Crippen molar-refractivity contribution in [2.24, 2.45) is 0 Å². The molecule has 1 radical (unpaired) electrons. The number of rotatable bonds is 1. The highest BCUT2D eigenvalue weighted by atomic mass is 28.3. The SMILES string of the molecule is C[Si](C)(C)C#Cc1[c]cc(-c2ccccc2)cc1. The molecule has 1 heteroatoms. The molecule has 2 aromatic carbocycles. The zero-order valence-electron chi connectivity index (χ0n) is 11.1. The normalized spacial score (nSPS) is 10.6. The third-order valence-corrected chi connectivity index (χ3v) is 3.37. The fraction of sp³-hybridized carbons (Fsp3) is 0.176. The second kappa shape index (κ2) is 5.24. The molecular weight excluding hydrogens is 232 g/mol. The Morgan fingerprint density at radius 1 is 0.889 bits per heavy atom. The highest BCUT2D eigenvalue weighted by Gasteiger charge is 2.07. The van der Waals surface area contributed by atoms with Gasteiger partial charge in [-0.25, -0.2) is 0 Å². The van der Waals surface area contributed by atoms with Gasteiger partial charge in [-0.3, -0.25) is 0 Å². The van der Waals surface area contributed by atoms with Crippen molar-refractivity contribution in [1.82, 2.24) is 0 Å². The molecule has 2 aromatic rings. The van der Waals surface area contributed by atoms with Crippen molar-refractivity contribution < 1.29 is 0 Å². The molecular formula is C17H17Si. The topological polar surface area (TPSA) is 0 Å². The van der Waals surface area contributed by atoms with E-state index in [4.69, 9.17) is 0 Å². The van der Waals surface area contributed by atoms with Crippen molar-refractivity contribution in [2.75, 3.05) is 0 Å². The smallest absolute Gasteiger partial charge is 0.127 e. The van der Waals surface area contributed by atoms with E-state index in [1.807, 2.05) is 24.3 Å². The molecule has 0 aliphatic carbocycles. The van der Waals surface area contributed by atoms with E-state index in [-0.39, 0.29) is 0 Å².